The number of ketones is 2. The number of rotatable bonds is 29. The van der Waals surface area contributed by atoms with Gasteiger partial charge in [0.25, 0.3) is 0 Å². The quantitative estimate of drug-likeness (QED) is 0.0476. The number of aryl methyl sites for hydroxylation is 2. The molecule has 384 valence electrons. The number of aliphatic hydroxyl groups is 1. The SMILES string of the molecule is CC(C)(C(=O)c1ccc(CCCOCCC[Si](C)(O[Si](C)(C)C)O[Si](C)(C)C)cc1)N1CCOCC1.CC(C)(O)C(=O)c1ccc(CCCOCCC[Si](C)(O[Si](C)(C)C)O[Si](C)(C)C)cc1. The Labute approximate surface area is 414 Å². The Balaban J connectivity index is 0.000000466. The number of hydrogen-bond acceptors (Lipinski definition) is 11. The van der Waals surface area contributed by atoms with Gasteiger partial charge in [-0.25, -0.2) is 0 Å². The first kappa shape index (κ1) is 61.8. The topological polar surface area (TPSA) is 122 Å². The minimum atomic E-state index is -2.17. The number of nitrogens with zero attached hydrogens (tertiary/aromatic N) is 1. The molecule has 1 N–H and O–H groups in total. The predicted octanol–water partition coefficient (Wildman–Crippen LogP) is 11.8. The summed E-state index contributed by atoms with van der Waals surface area (Å²) in [6, 6.07) is 17.6. The van der Waals surface area contributed by atoms with Crippen LogP contribution in [-0.2, 0) is 43.5 Å². The van der Waals surface area contributed by atoms with Crippen LogP contribution in [0.5, 0.6) is 0 Å². The van der Waals surface area contributed by atoms with Crippen molar-refractivity contribution in [2.45, 2.75) is 181 Å². The van der Waals surface area contributed by atoms with Crippen molar-refractivity contribution in [3.8, 4) is 0 Å². The van der Waals surface area contributed by atoms with E-state index in [0.717, 1.165) is 89.1 Å². The van der Waals surface area contributed by atoms with Crippen molar-refractivity contribution in [1.82, 2.24) is 4.90 Å². The molecule has 0 amide bonds. The van der Waals surface area contributed by atoms with Crippen LogP contribution in [0.3, 0.4) is 0 Å². The number of carbonyl (C=O) groups excluding carboxylic acids is 2. The molecule has 17 heteroatoms. The molecule has 0 bridgehead atoms. The predicted molar refractivity (Wildman–Crippen MR) is 292 cm³/mol. The minimum Gasteiger partial charge on any atom is -0.437 e. The van der Waals surface area contributed by atoms with E-state index in [2.05, 4.69) is 109 Å². The number of hydrogen-bond donors (Lipinski definition) is 1. The van der Waals surface area contributed by atoms with Crippen LogP contribution in [-0.4, -0.2) is 136 Å². The normalized spacial score (nSPS) is 15.0. The fourth-order valence-electron chi connectivity index (χ4n) is 8.41. The van der Waals surface area contributed by atoms with Gasteiger partial charge in [-0.1, -0.05) is 48.5 Å². The second kappa shape index (κ2) is 27.0. The molecule has 2 aromatic carbocycles. The molecule has 1 fully saturated rings. The lowest BCUT2D eigenvalue weighted by molar-refractivity contribution is -0.00430. The molecule has 3 rings (SSSR count). The Morgan fingerprint density at radius 1 is 0.522 bits per heavy atom. The maximum absolute atomic E-state index is 13.1. The zero-order chi connectivity index (χ0) is 51.0. The molecule has 1 aliphatic rings. The summed E-state index contributed by atoms with van der Waals surface area (Å²) < 4.78 is 43.5. The highest BCUT2D eigenvalue weighted by molar-refractivity contribution is 6.88. The van der Waals surface area contributed by atoms with Crippen LogP contribution < -0.4 is 0 Å². The molecule has 0 aliphatic carbocycles. The van der Waals surface area contributed by atoms with E-state index in [-0.39, 0.29) is 11.6 Å². The van der Waals surface area contributed by atoms with Gasteiger partial charge in [0, 0.05) is 50.6 Å². The van der Waals surface area contributed by atoms with Gasteiger partial charge >= 0.3 is 17.1 Å². The number of ether oxygens (including phenoxy) is 3. The Kier molecular flexibility index (Phi) is 24.9. The van der Waals surface area contributed by atoms with E-state index >= 15 is 0 Å². The number of benzene rings is 2. The van der Waals surface area contributed by atoms with E-state index < -0.39 is 61.5 Å². The molecule has 0 radical (unpaired) electrons. The van der Waals surface area contributed by atoms with E-state index in [0.29, 0.717) is 25.4 Å². The van der Waals surface area contributed by atoms with Crippen molar-refractivity contribution in [2.75, 3.05) is 52.7 Å². The van der Waals surface area contributed by atoms with E-state index in [4.69, 9.17) is 30.7 Å². The lowest BCUT2D eigenvalue weighted by Gasteiger charge is -2.39. The fourth-order valence-corrected chi connectivity index (χ4v) is 33.4. The lowest BCUT2D eigenvalue weighted by Crippen LogP contribution is -2.54. The first-order valence-electron chi connectivity index (χ1n) is 24.9. The number of carbonyl (C=O) groups is 2. The van der Waals surface area contributed by atoms with Crippen LogP contribution in [0.15, 0.2) is 48.5 Å². The summed E-state index contributed by atoms with van der Waals surface area (Å²) in [5.41, 5.74) is 1.88. The summed E-state index contributed by atoms with van der Waals surface area (Å²) in [4.78, 5) is 27.5. The average Bonchev–Trinajstić information content (AvgIpc) is 3.17. The van der Waals surface area contributed by atoms with Crippen molar-refractivity contribution < 1.29 is 45.4 Å². The molecule has 0 saturated carbocycles. The zero-order valence-corrected chi connectivity index (χ0v) is 51.5. The molecule has 0 aromatic heterocycles. The van der Waals surface area contributed by atoms with Crippen LogP contribution in [0.1, 0.15) is 85.2 Å². The van der Waals surface area contributed by atoms with Crippen LogP contribution in [0.2, 0.25) is 104 Å². The fraction of sp³-hybridized carbons (Fsp3) is 0.720. The molecule has 1 saturated heterocycles. The zero-order valence-electron chi connectivity index (χ0n) is 45.5. The second-order valence-corrected chi connectivity index (χ2v) is 49.2. The van der Waals surface area contributed by atoms with Gasteiger partial charge in [0.15, 0.2) is 44.8 Å². The highest BCUT2D eigenvalue weighted by atomic mass is 28.5. The van der Waals surface area contributed by atoms with E-state index in [9.17, 15) is 14.7 Å². The Hall–Kier alpha value is -1.28. The first-order chi connectivity index (χ1) is 30.6. The first-order valence-corrected chi connectivity index (χ1v) is 43.6. The summed E-state index contributed by atoms with van der Waals surface area (Å²) in [5, 5.41) is 9.84. The van der Waals surface area contributed by atoms with Crippen molar-refractivity contribution >= 4 is 62.0 Å². The molecular formula is C50H95NO10Si6. The Bertz CT molecular complexity index is 1720. The molecule has 1 heterocycles. The van der Waals surface area contributed by atoms with Crippen LogP contribution in [0.25, 0.3) is 0 Å². The van der Waals surface area contributed by atoms with Gasteiger partial charge in [-0.3, -0.25) is 14.5 Å². The summed E-state index contributed by atoms with van der Waals surface area (Å²) in [6.45, 7) is 44.3. The van der Waals surface area contributed by atoms with E-state index in [1.54, 1.807) is 12.1 Å². The van der Waals surface area contributed by atoms with Gasteiger partial charge in [-0.05, 0) is 181 Å². The number of morpholine rings is 1. The minimum absolute atomic E-state index is 0.172. The molecule has 0 spiro atoms. The maximum atomic E-state index is 13.1. The monoisotopic (exact) mass is 1040 g/mol. The third-order valence-electron chi connectivity index (χ3n) is 10.8. The molecule has 2 aromatic rings. The van der Waals surface area contributed by atoms with E-state index in [1.807, 2.05) is 38.1 Å². The average molecular weight is 1040 g/mol. The lowest BCUT2D eigenvalue weighted by atomic mass is 9.90. The maximum Gasteiger partial charge on any atom is 0.314 e. The van der Waals surface area contributed by atoms with Gasteiger partial charge in [-0.2, -0.15) is 0 Å². The third kappa shape index (κ3) is 26.1. The van der Waals surface area contributed by atoms with Gasteiger partial charge in [0.1, 0.15) is 5.60 Å². The molecule has 0 atom stereocenters. The molecular weight excluding hydrogens is 943 g/mol. The Morgan fingerprint density at radius 3 is 1.15 bits per heavy atom. The number of Topliss-reactive ketones (excluding diaryl/α,β-unsaturated/α-hetero) is 2. The van der Waals surface area contributed by atoms with E-state index in [1.165, 1.54) is 25.0 Å². The van der Waals surface area contributed by atoms with Gasteiger partial charge in [0.2, 0.25) is 0 Å². The molecule has 0 unspecified atom stereocenters. The van der Waals surface area contributed by atoms with Crippen LogP contribution in [0.4, 0.5) is 0 Å². The summed E-state index contributed by atoms with van der Waals surface area (Å²) >= 11 is 0. The smallest absolute Gasteiger partial charge is 0.314 e. The van der Waals surface area contributed by atoms with Crippen LogP contribution >= 0.6 is 0 Å². The van der Waals surface area contributed by atoms with Crippen molar-refractivity contribution in [3.63, 3.8) is 0 Å². The van der Waals surface area contributed by atoms with Crippen LogP contribution in [0, 0.1) is 0 Å². The highest BCUT2D eigenvalue weighted by Crippen LogP contribution is 2.28. The Morgan fingerprint density at radius 2 is 0.836 bits per heavy atom. The summed E-state index contributed by atoms with van der Waals surface area (Å²) in [7, 11) is -11.0. The van der Waals surface area contributed by atoms with Crippen molar-refractivity contribution in [3.05, 3.63) is 70.8 Å². The van der Waals surface area contributed by atoms with Gasteiger partial charge < -0.3 is 35.8 Å². The highest BCUT2D eigenvalue weighted by Gasteiger charge is 2.41. The van der Waals surface area contributed by atoms with Crippen molar-refractivity contribution in [1.29, 1.82) is 0 Å². The molecule has 67 heavy (non-hydrogen) atoms. The summed E-state index contributed by atoms with van der Waals surface area (Å²) in [5.74, 6) is -0.0832. The largest absolute Gasteiger partial charge is 0.437 e. The third-order valence-corrected chi connectivity index (χ3v) is 30.0. The van der Waals surface area contributed by atoms with Gasteiger partial charge in [-0.15, -0.1) is 0 Å². The standard InChI is InChI=1S/C27H51NO5Si3.C23H44O5Si3/c1-27(2,28-17-21-31-22-18-28)26(29)25-15-13-24(14-16-25)12-10-19-30-20-11-23-36(9,32-34(3,4)5)33-35(6,7)8;1-23(2,25)22(24)21-15-13-20(14-16-21)12-10-17-26-18-11-19-31(9,27-29(3,4)5)28-30(6,7)8/h13-16H,10-12,17-23H2,1-9H3;13-16,25H,10-12,17-19H2,1-9H3. The van der Waals surface area contributed by atoms with Crippen molar-refractivity contribution in [2.24, 2.45) is 0 Å². The second-order valence-electron chi connectivity index (χ2n) is 23.5. The molecule has 11 nitrogen and oxygen atoms in total. The summed E-state index contributed by atoms with van der Waals surface area (Å²) in [6.07, 6.45) is 5.70. The molecule has 1 aliphatic heterocycles. The van der Waals surface area contributed by atoms with Gasteiger partial charge in [0.05, 0.1) is 18.8 Å².